The molecule has 0 saturated carbocycles. The third kappa shape index (κ3) is 8.57. The highest BCUT2D eigenvalue weighted by Crippen LogP contribution is 2.35. The summed E-state index contributed by atoms with van der Waals surface area (Å²) in [4.78, 5) is 0. The number of aliphatic hydroxyl groups excluding tert-OH is 8. The first-order valence-corrected chi connectivity index (χ1v) is 12.0. The van der Waals surface area contributed by atoms with Gasteiger partial charge in [-0.3, -0.25) is 0 Å². The molecule has 0 spiro atoms. The van der Waals surface area contributed by atoms with Crippen molar-refractivity contribution in [2.75, 3.05) is 33.0 Å². The molecule has 2 rings (SSSR count). The monoisotopic (exact) mass is 500 g/mol. The van der Waals surface area contributed by atoms with Gasteiger partial charge in [0.2, 0.25) is 5.79 Å². The maximum atomic E-state index is 10.00. The number of hydrogen-bond acceptors (Lipinski definition) is 12. The number of hydrogen-bond donors (Lipinski definition) is 8. The Labute approximate surface area is 200 Å². The first-order valence-electron chi connectivity index (χ1n) is 12.0. The van der Waals surface area contributed by atoms with Crippen molar-refractivity contribution in [3.63, 3.8) is 0 Å². The van der Waals surface area contributed by atoms with Gasteiger partial charge in [0.05, 0.1) is 13.2 Å². The van der Waals surface area contributed by atoms with Crippen molar-refractivity contribution in [3.8, 4) is 0 Å². The topological polar surface area (TPSA) is 199 Å². The molecule has 12 nitrogen and oxygen atoms in total. The predicted octanol–water partition coefficient (Wildman–Crippen LogP) is -2.01. The lowest BCUT2D eigenvalue weighted by molar-refractivity contribution is -0.383. The van der Waals surface area contributed by atoms with Gasteiger partial charge in [-0.2, -0.15) is 0 Å². The van der Waals surface area contributed by atoms with Gasteiger partial charge in [0.1, 0.15) is 49.3 Å². The van der Waals surface area contributed by atoms with Crippen LogP contribution in [0.5, 0.6) is 0 Å². The molecule has 8 N–H and O–H groups in total. The highest BCUT2D eigenvalue weighted by molar-refractivity contribution is 4.98. The summed E-state index contributed by atoms with van der Waals surface area (Å²) in [5, 5.41) is 76.7. The molecule has 9 atom stereocenters. The van der Waals surface area contributed by atoms with Crippen molar-refractivity contribution < 1.29 is 59.8 Å². The molecule has 2 heterocycles. The van der Waals surface area contributed by atoms with Crippen LogP contribution in [0.3, 0.4) is 0 Å². The second kappa shape index (κ2) is 16.3. The summed E-state index contributed by atoms with van der Waals surface area (Å²) in [7, 11) is 0. The van der Waals surface area contributed by atoms with Gasteiger partial charge in [0, 0.05) is 13.2 Å². The van der Waals surface area contributed by atoms with Gasteiger partial charge in [0.25, 0.3) is 0 Å². The Hall–Kier alpha value is -0.480. The number of unbranched alkanes of at least 4 members (excludes halogenated alkanes) is 4. The molecule has 0 aromatic carbocycles. The average Bonchev–Trinajstić information content (AvgIpc) is 3.09. The zero-order chi connectivity index (χ0) is 25.7. The van der Waals surface area contributed by atoms with E-state index in [9.17, 15) is 30.6 Å². The summed E-state index contributed by atoms with van der Waals surface area (Å²) in [5.41, 5.74) is 0. The molecule has 0 aliphatic carbocycles. The lowest BCUT2D eigenvalue weighted by Crippen LogP contribution is -2.62. The lowest BCUT2D eigenvalue weighted by Gasteiger charge is -2.43. The maximum absolute atomic E-state index is 10.00. The van der Waals surface area contributed by atoms with Crippen LogP contribution in [0.25, 0.3) is 0 Å². The minimum absolute atomic E-state index is 0.669. The van der Waals surface area contributed by atoms with Crippen LogP contribution in [-0.4, -0.2) is 129 Å². The fraction of sp³-hybridized carbons (Fsp3) is 1.00. The molecule has 0 bridgehead atoms. The summed E-state index contributed by atoms with van der Waals surface area (Å²) in [6, 6.07) is 0. The molecule has 0 unspecified atom stereocenters. The minimum Gasteiger partial charge on any atom is -0.394 e. The largest absolute Gasteiger partial charge is 0.394 e. The molecule has 12 heteroatoms. The van der Waals surface area contributed by atoms with E-state index in [0.717, 1.165) is 13.2 Å². The molecule has 2 saturated heterocycles. The quantitative estimate of drug-likeness (QED) is 0.129. The van der Waals surface area contributed by atoms with Gasteiger partial charge < -0.3 is 59.8 Å². The molecule has 34 heavy (non-hydrogen) atoms. The number of rotatable bonds is 13. The van der Waals surface area contributed by atoms with Crippen molar-refractivity contribution in [2.24, 2.45) is 0 Å². The van der Waals surface area contributed by atoms with E-state index < -0.39 is 74.6 Å². The van der Waals surface area contributed by atoms with Crippen molar-refractivity contribution in [2.45, 2.75) is 107 Å². The fourth-order valence-electron chi connectivity index (χ4n) is 3.64. The van der Waals surface area contributed by atoms with Gasteiger partial charge in [-0.1, -0.05) is 39.5 Å². The van der Waals surface area contributed by atoms with E-state index in [0.29, 0.717) is 0 Å². The summed E-state index contributed by atoms with van der Waals surface area (Å²) < 4.78 is 20.9. The molecule has 2 fully saturated rings. The Balaban J connectivity index is 0.000000445. The molecule has 204 valence electrons. The van der Waals surface area contributed by atoms with Crippen molar-refractivity contribution in [1.29, 1.82) is 0 Å². The maximum Gasteiger partial charge on any atom is 0.224 e. The van der Waals surface area contributed by atoms with Gasteiger partial charge in [-0.25, -0.2) is 0 Å². The van der Waals surface area contributed by atoms with Crippen molar-refractivity contribution in [1.82, 2.24) is 0 Å². The van der Waals surface area contributed by atoms with E-state index in [-0.39, 0.29) is 0 Å². The first-order chi connectivity index (χ1) is 16.2. The van der Waals surface area contributed by atoms with E-state index in [1.807, 2.05) is 0 Å². The zero-order valence-corrected chi connectivity index (χ0v) is 20.1. The highest BCUT2D eigenvalue weighted by atomic mass is 16.8. The molecule has 0 radical (unpaired) electrons. The average molecular weight is 501 g/mol. The van der Waals surface area contributed by atoms with Crippen molar-refractivity contribution in [3.05, 3.63) is 0 Å². The van der Waals surface area contributed by atoms with Gasteiger partial charge in [0.15, 0.2) is 6.29 Å². The SMILES string of the molecule is CCCCCOCCCCC.OC[C@H]1O[C@@](CO)(O[C@H]2O[C@H](CO)[C@@H](O)[C@H](O)[C@H]2O)[C@@H](O)[C@@H]1O. The Morgan fingerprint density at radius 3 is 1.71 bits per heavy atom. The zero-order valence-electron chi connectivity index (χ0n) is 20.1. The molecule has 0 amide bonds. The second-order valence-electron chi connectivity index (χ2n) is 8.59. The summed E-state index contributed by atoms with van der Waals surface area (Å²) in [5.74, 6) is -2.22. The van der Waals surface area contributed by atoms with Gasteiger partial charge in [-0.15, -0.1) is 0 Å². The Kier molecular flexibility index (Phi) is 15.1. The lowest BCUT2D eigenvalue weighted by atomic mass is 9.99. The van der Waals surface area contributed by atoms with Crippen LogP contribution in [0.15, 0.2) is 0 Å². The van der Waals surface area contributed by atoms with Crippen LogP contribution in [0, 0.1) is 0 Å². The first kappa shape index (κ1) is 31.5. The number of ether oxygens (including phenoxy) is 4. The molecule has 2 aliphatic rings. The third-order valence-electron chi connectivity index (χ3n) is 5.85. The smallest absolute Gasteiger partial charge is 0.224 e. The fourth-order valence-corrected chi connectivity index (χ4v) is 3.64. The van der Waals surface area contributed by atoms with Crippen LogP contribution in [0.1, 0.15) is 52.4 Å². The highest BCUT2D eigenvalue weighted by Gasteiger charge is 2.58. The van der Waals surface area contributed by atoms with Crippen LogP contribution < -0.4 is 0 Å². The molecule has 2 aliphatic heterocycles. The van der Waals surface area contributed by atoms with Crippen LogP contribution >= 0.6 is 0 Å². The van der Waals surface area contributed by atoms with Crippen LogP contribution in [-0.2, 0) is 18.9 Å². The molecular formula is C22H44O12. The van der Waals surface area contributed by atoms with Gasteiger partial charge in [-0.05, 0) is 12.8 Å². The van der Waals surface area contributed by atoms with Gasteiger partial charge >= 0.3 is 0 Å². The predicted molar refractivity (Wildman–Crippen MR) is 119 cm³/mol. The van der Waals surface area contributed by atoms with E-state index in [2.05, 4.69) is 13.8 Å². The Bertz CT molecular complexity index is 516. The number of aliphatic hydroxyl groups is 8. The minimum atomic E-state index is -2.22. The normalized spacial score (nSPS) is 37.9. The van der Waals surface area contributed by atoms with E-state index in [1.165, 1.54) is 38.5 Å². The third-order valence-corrected chi connectivity index (χ3v) is 5.85. The standard InChI is InChI=1S/C12H22O11.C10H22O/c13-1-4-6(16)8(18)9(19)11(21-4)23-12(3-15)10(20)7(17)5(2-14)22-12;1-3-5-7-9-11-10-8-6-4-2/h4-11,13-20H,1-3H2;3-10H2,1-2H3/t4-,5-,6-,7-,8+,9-,10+,11-,12+;/m1./s1. The Morgan fingerprint density at radius 1 is 0.706 bits per heavy atom. The van der Waals surface area contributed by atoms with Crippen molar-refractivity contribution >= 4 is 0 Å². The van der Waals surface area contributed by atoms with E-state index in [4.69, 9.17) is 29.2 Å². The van der Waals surface area contributed by atoms with E-state index in [1.54, 1.807) is 0 Å². The van der Waals surface area contributed by atoms with Crippen LogP contribution in [0.4, 0.5) is 0 Å². The van der Waals surface area contributed by atoms with E-state index >= 15 is 0 Å². The molecular weight excluding hydrogens is 456 g/mol. The summed E-state index contributed by atoms with van der Waals surface area (Å²) >= 11 is 0. The van der Waals surface area contributed by atoms with Crippen LogP contribution in [0.2, 0.25) is 0 Å². The Morgan fingerprint density at radius 2 is 1.26 bits per heavy atom. The second-order valence-corrected chi connectivity index (χ2v) is 8.59. The summed E-state index contributed by atoms with van der Waals surface area (Å²) in [6.45, 7) is 4.06. The summed E-state index contributed by atoms with van der Waals surface area (Å²) in [6.07, 6.45) is -4.97. The molecule has 0 aromatic rings. The molecule has 0 aromatic heterocycles.